The fraction of sp³-hybridized carbons (Fsp3) is 0.417. The first kappa shape index (κ1) is 13.4. The largest absolute Gasteiger partial charge is 0.383 e. The Morgan fingerprint density at radius 1 is 1.35 bits per heavy atom. The molecule has 0 aliphatic rings. The summed E-state index contributed by atoms with van der Waals surface area (Å²) in [4.78, 5) is 0. The fourth-order valence-electron chi connectivity index (χ4n) is 1.31. The van der Waals surface area contributed by atoms with Gasteiger partial charge in [-0.1, -0.05) is 0 Å². The van der Waals surface area contributed by atoms with Gasteiger partial charge in [-0.3, -0.25) is 0 Å². The van der Waals surface area contributed by atoms with Gasteiger partial charge in [0.1, 0.15) is 6.07 Å². The van der Waals surface area contributed by atoms with Crippen LogP contribution in [0.5, 0.6) is 0 Å². The minimum atomic E-state index is -1.11. The summed E-state index contributed by atoms with van der Waals surface area (Å²) in [5.41, 5.74) is -0.222. The minimum Gasteiger partial charge on any atom is -0.383 e. The van der Waals surface area contributed by atoms with Crippen molar-refractivity contribution >= 4 is 5.69 Å². The summed E-state index contributed by atoms with van der Waals surface area (Å²) in [7, 11) is 0. The number of halogens is 2. The van der Waals surface area contributed by atoms with Crippen LogP contribution in [0.4, 0.5) is 14.5 Å². The van der Waals surface area contributed by atoms with Crippen LogP contribution in [0.2, 0.25) is 0 Å². The normalized spacial score (nSPS) is 10.0. The molecule has 0 unspecified atom stereocenters. The lowest BCUT2D eigenvalue weighted by atomic mass is 10.2. The Balaban J connectivity index is 2.55. The molecule has 0 bridgehead atoms. The summed E-state index contributed by atoms with van der Waals surface area (Å²) < 4.78 is 31.7. The van der Waals surface area contributed by atoms with E-state index >= 15 is 0 Å². The van der Waals surface area contributed by atoms with Gasteiger partial charge in [-0.25, -0.2) is 8.78 Å². The van der Waals surface area contributed by atoms with Crippen molar-refractivity contribution in [2.24, 2.45) is 0 Å². The molecule has 0 aromatic heterocycles. The van der Waals surface area contributed by atoms with Crippen LogP contribution in [0, 0.1) is 23.0 Å². The highest BCUT2D eigenvalue weighted by Crippen LogP contribution is 2.19. The Bertz CT molecular complexity index is 416. The summed E-state index contributed by atoms with van der Waals surface area (Å²) in [6.07, 6.45) is 0.703. The number of rotatable bonds is 6. The molecule has 17 heavy (non-hydrogen) atoms. The highest BCUT2D eigenvalue weighted by Gasteiger charge is 2.12. The fourth-order valence-corrected chi connectivity index (χ4v) is 1.31. The van der Waals surface area contributed by atoms with E-state index in [9.17, 15) is 8.78 Å². The van der Waals surface area contributed by atoms with Gasteiger partial charge >= 0.3 is 0 Å². The maximum atomic E-state index is 13.4. The Morgan fingerprint density at radius 2 is 2.12 bits per heavy atom. The predicted molar refractivity (Wildman–Crippen MR) is 60.7 cm³/mol. The quantitative estimate of drug-likeness (QED) is 0.777. The molecule has 1 aromatic carbocycles. The van der Waals surface area contributed by atoms with Crippen LogP contribution in [-0.2, 0) is 4.74 Å². The Kier molecular flexibility index (Phi) is 5.37. The minimum absolute atomic E-state index is 0.0676. The van der Waals surface area contributed by atoms with Gasteiger partial charge in [0.25, 0.3) is 0 Å². The molecule has 1 rings (SSSR count). The zero-order valence-electron chi connectivity index (χ0n) is 9.59. The van der Waals surface area contributed by atoms with Crippen LogP contribution in [0.25, 0.3) is 0 Å². The zero-order valence-corrected chi connectivity index (χ0v) is 9.59. The average Bonchev–Trinajstić information content (AvgIpc) is 2.34. The second kappa shape index (κ2) is 6.81. The SMILES string of the molecule is CCOCCCNc1ccc(C#N)c(F)c1F. The van der Waals surface area contributed by atoms with Gasteiger partial charge in [0.15, 0.2) is 11.6 Å². The second-order valence-corrected chi connectivity index (χ2v) is 3.38. The first-order valence-corrected chi connectivity index (χ1v) is 5.40. The van der Waals surface area contributed by atoms with Gasteiger partial charge in [0, 0.05) is 19.8 Å². The summed E-state index contributed by atoms with van der Waals surface area (Å²) in [6, 6.07) is 4.20. The van der Waals surface area contributed by atoms with Gasteiger partial charge < -0.3 is 10.1 Å². The summed E-state index contributed by atoms with van der Waals surface area (Å²) in [6.45, 7) is 3.59. The number of hydrogen-bond donors (Lipinski definition) is 1. The smallest absolute Gasteiger partial charge is 0.183 e. The molecule has 0 radical (unpaired) electrons. The highest BCUT2D eigenvalue weighted by molar-refractivity contribution is 5.49. The van der Waals surface area contributed by atoms with Crippen LogP contribution in [0.3, 0.4) is 0 Å². The first-order valence-electron chi connectivity index (χ1n) is 5.40. The van der Waals surface area contributed by atoms with E-state index in [1.54, 1.807) is 6.07 Å². The van der Waals surface area contributed by atoms with E-state index in [0.29, 0.717) is 26.2 Å². The van der Waals surface area contributed by atoms with E-state index in [-0.39, 0.29) is 11.3 Å². The molecule has 0 spiro atoms. The molecule has 5 heteroatoms. The Labute approximate surface area is 99.0 Å². The molecule has 0 heterocycles. The summed E-state index contributed by atoms with van der Waals surface area (Å²) >= 11 is 0. The molecule has 3 nitrogen and oxygen atoms in total. The number of benzene rings is 1. The van der Waals surface area contributed by atoms with Crippen LogP contribution < -0.4 is 5.32 Å². The number of ether oxygens (including phenoxy) is 1. The van der Waals surface area contributed by atoms with Crippen LogP contribution in [-0.4, -0.2) is 19.8 Å². The molecule has 92 valence electrons. The average molecular weight is 240 g/mol. The van der Waals surface area contributed by atoms with Crippen LogP contribution in [0.1, 0.15) is 18.9 Å². The van der Waals surface area contributed by atoms with E-state index < -0.39 is 11.6 Å². The Hall–Kier alpha value is -1.67. The molecule has 0 saturated heterocycles. The second-order valence-electron chi connectivity index (χ2n) is 3.38. The first-order chi connectivity index (χ1) is 8.20. The third kappa shape index (κ3) is 3.68. The van der Waals surface area contributed by atoms with E-state index in [0.717, 1.165) is 0 Å². The number of nitrogens with one attached hydrogen (secondary N) is 1. The van der Waals surface area contributed by atoms with Gasteiger partial charge in [-0.05, 0) is 25.5 Å². The lowest BCUT2D eigenvalue weighted by Crippen LogP contribution is -2.08. The molecular formula is C12H14F2N2O. The summed E-state index contributed by atoms with van der Waals surface area (Å²) in [5, 5.41) is 11.3. The van der Waals surface area contributed by atoms with Crippen molar-refractivity contribution in [1.82, 2.24) is 0 Å². The molecule has 0 fully saturated rings. The molecular weight excluding hydrogens is 226 g/mol. The number of nitriles is 1. The monoisotopic (exact) mass is 240 g/mol. The third-order valence-electron chi connectivity index (χ3n) is 2.19. The van der Waals surface area contributed by atoms with Crippen LogP contribution in [0.15, 0.2) is 12.1 Å². The number of nitrogens with zero attached hydrogens (tertiary/aromatic N) is 1. The topological polar surface area (TPSA) is 45.0 Å². The van der Waals surface area contributed by atoms with Crippen molar-refractivity contribution in [3.63, 3.8) is 0 Å². The molecule has 1 N–H and O–H groups in total. The number of hydrogen-bond acceptors (Lipinski definition) is 3. The number of anilines is 1. The highest BCUT2D eigenvalue weighted by atomic mass is 19.2. The van der Waals surface area contributed by atoms with E-state index in [2.05, 4.69) is 5.32 Å². The van der Waals surface area contributed by atoms with Crippen molar-refractivity contribution in [1.29, 1.82) is 5.26 Å². The predicted octanol–water partition coefficient (Wildman–Crippen LogP) is 2.67. The molecule has 0 aliphatic heterocycles. The van der Waals surface area contributed by atoms with E-state index in [4.69, 9.17) is 10.00 Å². The van der Waals surface area contributed by atoms with E-state index in [1.807, 2.05) is 6.92 Å². The molecule has 0 aliphatic carbocycles. The van der Waals surface area contributed by atoms with Crippen molar-refractivity contribution < 1.29 is 13.5 Å². The lowest BCUT2D eigenvalue weighted by molar-refractivity contribution is 0.147. The zero-order chi connectivity index (χ0) is 12.7. The van der Waals surface area contributed by atoms with Crippen molar-refractivity contribution in [2.75, 3.05) is 25.1 Å². The Morgan fingerprint density at radius 3 is 2.76 bits per heavy atom. The summed E-state index contributed by atoms with van der Waals surface area (Å²) in [5.74, 6) is -2.12. The molecule has 0 amide bonds. The molecule has 0 atom stereocenters. The van der Waals surface area contributed by atoms with Gasteiger partial charge in [0.05, 0.1) is 11.3 Å². The lowest BCUT2D eigenvalue weighted by Gasteiger charge is -2.08. The molecule has 0 saturated carbocycles. The maximum absolute atomic E-state index is 13.4. The van der Waals surface area contributed by atoms with Crippen molar-refractivity contribution in [3.05, 3.63) is 29.3 Å². The van der Waals surface area contributed by atoms with E-state index in [1.165, 1.54) is 12.1 Å². The van der Waals surface area contributed by atoms with Crippen molar-refractivity contribution in [3.8, 4) is 6.07 Å². The molecule has 1 aromatic rings. The van der Waals surface area contributed by atoms with Gasteiger partial charge in [0.2, 0.25) is 0 Å². The third-order valence-corrected chi connectivity index (χ3v) is 2.19. The maximum Gasteiger partial charge on any atom is 0.183 e. The van der Waals surface area contributed by atoms with Gasteiger partial charge in [-0.2, -0.15) is 5.26 Å². The van der Waals surface area contributed by atoms with Crippen LogP contribution >= 0.6 is 0 Å². The van der Waals surface area contributed by atoms with Gasteiger partial charge in [-0.15, -0.1) is 0 Å². The van der Waals surface area contributed by atoms with Crippen molar-refractivity contribution in [2.45, 2.75) is 13.3 Å². The standard InChI is InChI=1S/C12H14F2N2O/c1-2-17-7-3-6-16-10-5-4-9(8-15)11(13)12(10)14/h4-5,16H,2-3,6-7H2,1H3.